The summed E-state index contributed by atoms with van der Waals surface area (Å²) >= 11 is 0. The number of amides is 2. The van der Waals surface area contributed by atoms with Crippen LogP contribution in [-0.2, 0) is 9.59 Å². The predicted octanol–water partition coefficient (Wildman–Crippen LogP) is 2.67. The number of hydrogen-bond donors (Lipinski definition) is 0. The van der Waals surface area contributed by atoms with Gasteiger partial charge in [-0.3, -0.25) is 9.59 Å². The lowest BCUT2D eigenvalue weighted by molar-refractivity contribution is -0.186. The van der Waals surface area contributed by atoms with Crippen LogP contribution in [0.25, 0.3) is 0 Å². The summed E-state index contributed by atoms with van der Waals surface area (Å²) in [6.07, 6.45) is -4.96. The molecule has 0 aliphatic carbocycles. The fraction of sp³-hybridized carbons (Fsp3) is 0.333. The van der Waals surface area contributed by atoms with Gasteiger partial charge in [0.25, 0.3) is 0 Å². The van der Waals surface area contributed by atoms with E-state index in [0.717, 1.165) is 15.9 Å². The third-order valence-corrected chi connectivity index (χ3v) is 3.97. The van der Waals surface area contributed by atoms with Gasteiger partial charge in [-0.2, -0.15) is 13.2 Å². The molecule has 0 aromatic heterocycles. The van der Waals surface area contributed by atoms with Crippen molar-refractivity contribution in [3.05, 3.63) is 24.3 Å². The molecule has 4 nitrogen and oxygen atoms in total. The van der Waals surface area contributed by atoms with E-state index < -0.39 is 24.5 Å². The molecule has 1 fully saturated rings. The maximum Gasteiger partial charge on any atom is 0.471 e. The first-order valence-corrected chi connectivity index (χ1v) is 7.52. The molecule has 1 aliphatic heterocycles. The predicted molar refractivity (Wildman–Crippen MR) is 73.1 cm³/mol. The first-order valence-electron chi connectivity index (χ1n) is 5.88. The lowest BCUT2D eigenvalue weighted by Crippen LogP contribution is -2.55. The summed E-state index contributed by atoms with van der Waals surface area (Å²) in [7, 11) is 6.60. The number of halogens is 4. The second-order valence-corrected chi connectivity index (χ2v) is 5.43. The Bertz CT molecular complexity index is 550. The zero-order valence-corrected chi connectivity index (χ0v) is 12.1. The zero-order valence-electron chi connectivity index (χ0n) is 10.6. The molecular weight excluding hydrogens is 329 g/mol. The molecule has 1 heterocycles. The van der Waals surface area contributed by atoms with Gasteiger partial charge in [0, 0.05) is 23.7 Å². The van der Waals surface area contributed by atoms with E-state index in [-0.39, 0.29) is 13.1 Å². The molecule has 1 saturated heterocycles. The van der Waals surface area contributed by atoms with Crippen molar-refractivity contribution in [3.8, 4) is 0 Å². The van der Waals surface area contributed by atoms with Gasteiger partial charge in [-0.1, -0.05) is 0 Å². The number of carbonyl (C=O) groups is 2. The van der Waals surface area contributed by atoms with E-state index in [0.29, 0.717) is 10.6 Å². The molecule has 1 aromatic carbocycles. The van der Waals surface area contributed by atoms with Crippen molar-refractivity contribution in [3.63, 3.8) is 0 Å². The quantitative estimate of drug-likeness (QED) is 0.832. The van der Waals surface area contributed by atoms with Crippen molar-refractivity contribution in [2.75, 3.05) is 24.5 Å². The first-order chi connectivity index (χ1) is 9.82. The summed E-state index contributed by atoms with van der Waals surface area (Å²) < 4.78 is 37.0. The Hall–Kier alpha value is -1.41. The molecule has 0 saturated carbocycles. The normalized spacial score (nSPS) is 16.3. The minimum atomic E-state index is -4.96. The van der Waals surface area contributed by atoms with E-state index in [1.807, 2.05) is 0 Å². The van der Waals surface area contributed by atoms with Crippen molar-refractivity contribution in [1.82, 2.24) is 4.90 Å². The number of hydrogen-bond acceptors (Lipinski definition) is 3. The summed E-state index contributed by atoms with van der Waals surface area (Å²) in [4.78, 5) is 25.7. The highest BCUT2D eigenvalue weighted by molar-refractivity contribution is 8.21. The minimum absolute atomic E-state index is 0.0218. The molecule has 0 atom stereocenters. The van der Waals surface area contributed by atoms with Gasteiger partial charge >= 0.3 is 12.1 Å². The summed E-state index contributed by atoms with van der Waals surface area (Å²) in [6.45, 7) is -0.714. The van der Waals surface area contributed by atoms with Crippen LogP contribution in [0, 0.1) is 0 Å². The minimum Gasteiger partial charge on any atom is -0.324 e. The lowest BCUT2D eigenvalue weighted by Gasteiger charge is -2.34. The molecule has 1 aliphatic rings. The third kappa shape index (κ3) is 3.62. The highest BCUT2D eigenvalue weighted by Gasteiger charge is 2.44. The number of anilines is 1. The fourth-order valence-corrected chi connectivity index (χ4v) is 2.52. The zero-order chi connectivity index (χ0) is 15.6. The van der Waals surface area contributed by atoms with Gasteiger partial charge < -0.3 is 9.80 Å². The van der Waals surface area contributed by atoms with Crippen LogP contribution in [0.2, 0.25) is 0 Å². The van der Waals surface area contributed by atoms with Crippen LogP contribution in [0.3, 0.4) is 0 Å². The Morgan fingerprint density at radius 3 is 2.29 bits per heavy atom. The van der Waals surface area contributed by atoms with Crippen molar-refractivity contribution >= 4 is 39.2 Å². The van der Waals surface area contributed by atoms with E-state index in [1.165, 1.54) is 4.90 Å². The van der Waals surface area contributed by atoms with Gasteiger partial charge in [0.15, 0.2) is 0 Å². The molecule has 0 spiro atoms. The van der Waals surface area contributed by atoms with Gasteiger partial charge in [0.2, 0.25) is 5.91 Å². The fourth-order valence-electron chi connectivity index (χ4n) is 1.98. The Labute approximate surface area is 127 Å². The van der Waals surface area contributed by atoms with E-state index in [2.05, 4.69) is 0 Å². The maximum absolute atomic E-state index is 12.3. The molecule has 0 bridgehead atoms. The van der Waals surface area contributed by atoms with E-state index in [4.69, 9.17) is 10.7 Å². The Morgan fingerprint density at radius 2 is 1.81 bits per heavy atom. The second kappa shape index (κ2) is 6.15. The topological polar surface area (TPSA) is 40.6 Å². The molecule has 114 valence electrons. The third-order valence-electron chi connectivity index (χ3n) is 2.99. The van der Waals surface area contributed by atoms with Crippen LogP contribution in [0.15, 0.2) is 29.2 Å². The first kappa shape index (κ1) is 16.0. The highest BCUT2D eigenvalue weighted by Crippen LogP contribution is 2.26. The largest absolute Gasteiger partial charge is 0.471 e. The summed E-state index contributed by atoms with van der Waals surface area (Å²) in [5.41, 5.74) is 0.563. The van der Waals surface area contributed by atoms with Crippen LogP contribution in [0.5, 0.6) is 0 Å². The lowest BCUT2D eigenvalue weighted by atomic mass is 10.2. The molecule has 21 heavy (non-hydrogen) atoms. The van der Waals surface area contributed by atoms with Crippen molar-refractivity contribution in [1.29, 1.82) is 0 Å². The van der Waals surface area contributed by atoms with E-state index >= 15 is 0 Å². The van der Waals surface area contributed by atoms with Gasteiger partial charge in [0.05, 0.1) is 0 Å². The van der Waals surface area contributed by atoms with Crippen molar-refractivity contribution < 1.29 is 22.8 Å². The Morgan fingerprint density at radius 1 is 1.19 bits per heavy atom. The standard InChI is InChI=1S/C12H10ClF3N2O2S/c13-21-9-3-1-8(2-4-9)18-6-5-17(7-10(18)19)11(20)12(14,15)16/h1-4H,5-7H2. The summed E-state index contributed by atoms with van der Waals surface area (Å²) in [5.74, 6) is -2.53. The monoisotopic (exact) mass is 338 g/mol. The Kier molecular flexibility index (Phi) is 4.67. The molecule has 0 N–H and O–H groups in total. The molecule has 0 unspecified atom stereocenters. The average Bonchev–Trinajstić information content (AvgIpc) is 2.45. The average molecular weight is 339 g/mol. The van der Waals surface area contributed by atoms with Crippen LogP contribution < -0.4 is 4.90 Å². The number of rotatable bonds is 2. The highest BCUT2D eigenvalue weighted by atomic mass is 35.7. The van der Waals surface area contributed by atoms with Crippen LogP contribution in [-0.4, -0.2) is 42.5 Å². The van der Waals surface area contributed by atoms with Crippen LogP contribution in [0.4, 0.5) is 18.9 Å². The number of alkyl halides is 3. The van der Waals surface area contributed by atoms with Crippen molar-refractivity contribution in [2.24, 2.45) is 0 Å². The molecule has 0 radical (unpaired) electrons. The SMILES string of the molecule is O=C1CN(C(=O)C(F)(F)F)CCN1c1ccc(SCl)cc1. The maximum atomic E-state index is 12.3. The van der Waals surface area contributed by atoms with Crippen LogP contribution in [0.1, 0.15) is 0 Å². The van der Waals surface area contributed by atoms with Gasteiger partial charge in [-0.15, -0.1) is 0 Å². The van der Waals surface area contributed by atoms with Gasteiger partial charge in [-0.25, -0.2) is 0 Å². The number of benzene rings is 1. The van der Waals surface area contributed by atoms with Crippen LogP contribution >= 0.6 is 21.7 Å². The number of nitrogens with zero attached hydrogens (tertiary/aromatic N) is 2. The molecule has 2 rings (SSSR count). The Balaban J connectivity index is 2.07. The molecule has 2 amide bonds. The molecular formula is C12H10ClF3N2O2S. The van der Waals surface area contributed by atoms with E-state index in [1.54, 1.807) is 24.3 Å². The second-order valence-electron chi connectivity index (χ2n) is 4.34. The molecule has 1 aromatic rings. The van der Waals surface area contributed by atoms with Gasteiger partial charge in [-0.05, 0) is 45.9 Å². The summed E-state index contributed by atoms with van der Waals surface area (Å²) in [5, 5.41) is 0. The summed E-state index contributed by atoms with van der Waals surface area (Å²) in [6, 6.07) is 6.72. The smallest absolute Gasteiger partial charge is 0.324 e. The number of piperazine rings is 1. The van der Waals surface area contributed by atoms with E-state index in [9.17, 15) is 22.8 Å². The van der Waals surface area contributed by atoms with Crippen molar-refractivity contribution in [2.45, 2.75) is 11.1 Å². The van der Waals surface area contributed by atoms with Gasteiger partial charge in [0.1, 0.15) is 6.54 Å². The molecule has 9 heteroatoms. The number of carbonyl (C=O) groups excluding carboxylic acids is 2.